The van der Waals surface area contributed by atoms with E-state index >= 15 is 0 Å². The van der Waals surface area contributed by atoms with E-state index in [1.54, 1.807) is 20.8 Å². The highest BCUT2D eigenvalue weighted by atomic mass is 16.6. The van der Waals surface area contributed by atoms with Crippen molar-refractivity contribution >= 4 is 11.8 Å². The van der Waals surface area contributed by atoms with Gasteiger partial charge in [0.05, 0.1) is 6.26 Å². The Balaban J connectivity index is 2.75. The molecule has 1 aliphatic heterocycles. The number of carbonyl (C=O) groups is 2. The number of hydrogen-bond acceptors (Lipinski definition) is 4. The Morgan fingerprint density at radius 1 is 1.50 bits per heavy atom. The minimum atomic E-state index is -1.49. The summed E-state index contributed by atoms with van der Waals surface area (Å²) >= 11 is 0. The smallest absolute Gasteiger partial charge is 0.358 e. The van der Waals surface area contributed by atoms with Crippen molar-refractivity contribution in [3.05, 3.63) is 12.3 Å². The van der Waals surface area contributed by atoms with Crippen LogP contribution in [0.4, 0.5) is 0 Å². The minimum absolute atomic E-state index is 0.383. The fourth-order valence-electron chi connectivity index (χ4n) is 0.973. The Morgan fingerprint density at radius 3 is 2.43 bits per heavy atom. The monoisotopic (exact) mass is 198 g/mol. The van der Waals surface area contributed by atoms with Gasteiger partial charge in [-0.15, -0.1) is 0 Å². The fraction of sp³-hybridized carbons (Fsp3) is 0.600. The van der Waals surface area contributed by atoms with Crippen LogP contribution in [0.25, 0.3) is 0 Å². The van der Waals surface area contributed by atoms with Gasteiger partial charge in [-0.3, -0.25) is 4.79 Å². The Kier molecular flexibility index (Phi) is 2.39. The molecule has 1 heterocycles. The van der Waals surface area contributed by atoms with Gasteiger partial charge in [0, 0.05) is 6.08 Å². The first-order chi connectivity index (χ1) is 6.26. The maximum Gasteiger partial charge on any atom is 0.358 e. The molecule has 0 aliphatic carbocycles. The molecule has 14 heavy (non-hydrogen) atoms. The van der Waals surface area contributed by atoms with E-state index in [0.29, 0.717) is 0 Å². The van der Waals surface area contributed by atoms with Gasteiger partial charge < -0.3 is 9.47 Å². The molecule has 78 valence electrons. The predicted octanol–water partition coefficient (Wildman–Crippen LogP) is 1.20. The Morgan fingerprint density at radius 2 is 2.07 bits per heavy atom. The molecule has 1 aliphatic rings. The zero-order chi connectivity index (χ0) is 11.0. The Labute approximate surface area is 82.9 Å². The molecule has 0 amide bonds. The standard InChI is InChI=1S/C10H14O4/c1-9(2,3)14-8(12)10(4)7(11)5-6-13-10/h5-6H,1-4H3. The van der Waals surface area contributed by atoms with E-state index in [1.165, 1.54) is 19.3 Å². The summed E-state index contributed by atoms with van der Waals surface area (Å²) < 4.78 is 10.0. The second-order valence-electron chi connectivity index (χ2n) is 4.32. The second kappa shape index (κ2) is 3.12. The number of carbonyl (C=O) groups excluding carboxylic acids is 2. The van der Waals surface area contributed by atoms with Crippen molar-refractivity contribution in [1.29, 1.82) is 0 Å². The molecule has 4 nitrogen and oxygen atoms in total. The second-order valence-corrected chi connectivity index (χ2v) is 4.32. The quantitative estimate of drug-likeness (QED) is 0.469. The van der Waals surface area contributed by atoms with Gasteiger partial charge in [-0.2, -0.15) is 0 Å². The van der Waals surface area contributed by atoms with Crippen LogP contribution in [0.15, 0.2) is 12.3 Å². The first-order valence-electron chi connectivity index (χ1n) is 4.38. The summed E-state index contributed by atoms with van der Waals surface area (Å²) in [6.07, 6.45) is 2.44. The van der Waals surface area contributed by atoms with Gasteiger partial charge in [0.1, 0.15) is 5.60 Å². The van der Waals surface area contributed by atoms with E-state index in [9.17, 15) is 9.59 Å². The third-order valence-corrected chi connectivity index (χ3v) is 1.78. The van der Waals surface area contributed by atoms with Gasteiger partial charge >= 0.3 is 5.97 Å². The van der Waals surface area contributed by atoms with E-state index in [2.05, 4.69) is 0 Å². The molecule has 0 spiro atoms. The van der Waals surface area contributed by atoms with E-state index in [4.69, 9.17) is 9.47 Å². The van der Waals surface area contributed by atoms with Crippen LogP contribution in [0.1, 0.15) is 27.7 Å². The molecule has 0 fully saturated rings. The minimum Gasteiger partial charge on any atom is -0.475 e. The number of ketones is 1. The Bertz CT molecular complexity index is 298. The molecule has 1 rings (SSSR count). The summed E-state index contributed by atoms with van der Waals surface area (Å²) in [5.41, 5.74) is -2.11. The molecular weight excluding hydrogens is 184 g/mol. The molecule has 1 atom stereocenters. The average molecular weight is 198 g/mol. The molecule has 4 heteroatoms. The van der Waals surface area contributed by atoms with Gasteiger partial charge in [0.25, 0.3) is 5.60 Å². The lowest BCUT2D eigenvalue weighted by Gasteiger charge is -2.26. The maximum atomic E-state index is 11.6. The van der Waals surface area contributed by atoms with Crippen molar-refractivity contribution in [1.82, 2.24) is 0 Å². The summed E-state index contributed by atoms with van der Waals surface area (Å²) in [5, 5.41) is 0. The number of hydrogen-bond donors (Lipinski definition) is 0. The van der Waals surface area contributed by atoms with Crippen LogP contribution in [0, 0.1) is 0 Å². The van der Waals surface area contributed by atoms with Crippen LogP contribution in [0.3, 0.4) is 0 Å². The molecule has 0 radical (unpaired) electrons. The van der Waals surface area contributed by atoms with E-state index in [1.807, 2.05) is 0 Å². The predicted molar refractivity (Wildman–Crippen MR) is 49.5 cm³/mol. The van der Waals surface area contributed by atoms with Crippen LogP contribution in [-0.2, 0) is 19.1 Å². The highest BCUT2D eigenvalue weighted by Crippen LogP contribution is 2.23. The van der Waals surface area contributed by atoms with E-state index in [-0.39, 0.29) is 5.78 Å². The first kappa shape index (κ1) is 10.8. The van der Waals surface area contributed by atoms with Crippen molar-refractivity contribution in [2.75, 3.05) is 0 Å². The largest absolute Gasteiger partial charge is 0.475 e. The molecule has 0 saturated heterocycles. The highest BCUT2D eigenvalue weighted by molar-refractivity contribution is 6.13. The lowest BCUT2D eigenvalue weighted by atomic mass is 10.0. The summed E-state index contributed by atoms with van der Waals surface area (Å²) in [6, 6.07) is 0. The maximum absolute atomic E-state index is 11.6. The van der Waals surface area contributed by atoms with Crippen molar-refractivity contribution in [2.45, 2.75) is 38.9 Å². The lowest BCUT2D eigenvalue weighted by molar-refractivity contribution is -0.175. The van der Waals surface area contributed by atoms with Gasteiger partial charge in [0.2, 0.25) is 5.78 Å². The fourth-order valence-corrected chi connectivity index (χ4v) is 0.973. The molecule has 0 aromatic rings. The number of esters is 1. The van der Waals surface area contributed by atoms with Crippen molar-refractivity contribution < 1.29 is 19.1 Å². The molecule has 0 saturated carbocycles. The zero-order valence-corrected chi connectivity index (χ0v) is 8.79. The third kappa shape index (κ3) is 1.95. The summed E-state index contributed by atoms with van der Waals surface area (Å²) in [5.74, 6) is -1.04. The van der Waals surface area contributed by atoms with Gasteiger partial charge in [-0.25, -0.2) is 4.79 Å². The molecule has 0 aromatic carbocycles. The summed E-state index contributed by atoms with van der Waals surface area (Å²) in [7, 11) is 0. The number of rotatable bonds is 1. The molecule has 1 unspecified atom stereocenters. The molecular formula is C10H14O4. The van der Waals surface area contributed by atoms with E-state index in [0.717, 1.165) is 0 Å². The van der Waals surface area contributed by atoms with Crippen molar-refractivity contribution in [3.63, 3.8) is 0 Å². The van der Waals surface area contributed by atoms with Crippen LogP contribution in [0.2, 0.25) is 0 Å². The molecule has 0 aromatic heterocycles. The van der Waals surface area contributed by atoms with Crippen LogP contribution >= 0.6 is 0 Å². The highest BCUT2D eigenvalue weighted by Gasteiger charge is 2.47. The number of ether oxygens (including phenoxy) is 2. The third-order valence-electron chi connectivity index (χ3n) is 1.78. The average Bonchev–Trinajstić information content (AvgIpc) is 2.30. The first-order valence-corrected chi connectivity index (χ1v) is 4.38. The molecule has 0 N–H and O–H groups in total. The van der Waals surface area contributed by atoms with Gasteiger partial charge in [-0.05, 0) is 27.7 Å². The Hall–Kier alpha value is -1.32. The van der Waals surface area contributed by atoms with Gasteiger partial charge in [0.15, 0.2) is 0 Å². The normalized spacial score (nSPS) is 26.1. The van der Waals surface area contributed by atoms with Crippen molar-refractivity contribution in [3.8, 4) is 0 Å². The van der Waals surface area contributed by atoms with E-state index < -0.39 is 17.2 Å². The van der Waals surface area contributed by atoms with Crippen molar-refractivity contribution in [2.24, 2.45) is 0 Å². The SMILES string of the molecule is CC(C)(C)OC(=O)C1(C)OC=CC1=O. The van der Waals surface area contributed by atoms with Crippen LogP contribution in [-0.4, -0.2) is 23.0 Å². The summed E-state index contributed by atoms with van der Waals surface area (Å²) in [4.78, 5) is 22.9. The summed E-state index contributed by atoms with van der Waals surface area (Å²) in [6.45, 7) is 6.62. The lowest BCUT2D eigenvalue weighted by Crippen LogP contribution is -2.45. The van der Waals surface area contributed by atoms with Crippen LogP contribution in [0.5, 0.6) is 0 Å². The van der Waals surface area contributed by atoms with Crippen LogP contribution < -0.4 is 0 Å². The van der Waals surface area contributed by atoms with Gasteiger partial charge in [-0.1, -0.05) is 0 Å². The topological polar surface area (TPSA) is 52.6 Å². The zero-order valence-electron chi connectivity index (χ0n) is 8.79. The molecule has 0 bridgehead atoms.